The van der Waals surface area contributed by atoms with Crippen molar-refractivity contribution in [3.05, 3.63) is 41.0 Å². The summed E-state index contributed by atoms with van der Waals surface area (Å²) in [6.07, 6.45) is 3.90. The van der Waals surface area contributed by atoms with Crippen LogP contribution in [0.3, 0.4) is 0 Å². The lowest BCUT2D eigenvalue weighted by Crippen LogP contribution is -2.32. The lowest BCUT2D eigenvalue weighted by molar-refractivity contribution is -0.120. The monoisotopic (exact) mass is 255 g/mol. The molecular formula is C15H13NO3. The summed E-state index contributed by atoms with van der Waals surface area (Å²) in [5.41, 5.74) is 2.03. The van der Waals surface area contributed by atoms with Crippen LogP contribution in [0.4, 0.5) is 5.69 Å². The maximum absolute atomic E-state index is 12.4. The molecule has 0 atom stereocenters. The molecule has 1 aliphatic heterocycles. The highest BCUT2D eigenvalue weighted by molar-refractivity contribution is 6.33. The van der Waals surface area contributed by atoms with Crippen molar-refractivity contribution >= 4 is 23.8 Å². The van der Waals surface area contributed by atoms with Gasteiger partial charge in [0.05, 0.1) is 5.69 Å². The molecule has 1 aromatic rings. The molecule has 4 heteroatoms. The van der Waals surface area contributed by atoms with Gasteiger partial charge in [0, 0.05) is 16.7 Å². The second-order valence-electron chi connectivity index (χ2n) is 4.79. The maximum atomic E-state index is 12.4. The standard InChI is InChI=1S/C15H13NO3/c17-9-10-5-1-4-8-13(10)16-14(18)11-6-2-3-7-12(11)15(16)19/h1,4-5,8-9H,2-3,6-7H2. The van der Waals surface area contributed by atoms with Gasteiger partial charge in [0.1, 0.15) is 0 Å². The van der Waals surface area contributed by atoms with Crippen LogP contribution in [0.15, 0.2) is 35.4 Å². The van der Waals surface area contributed by atoms with Gasteiger partial charge in [-0.3, -0.25) is 14.4 Å². The summed E-state index contributed by atoms with van der Waals surface area (Å²) in [5, 5.41) is 0. The van der Waals surface area contributed by atoms with Crippen LogP contribution in [-0.4, -0.2) is 18.1 Å². The van der Waals surface area contributed by atoms with Crippen molar-refractivity contribution in [1.82, 2.24) is 0 Å². The van der Waals surface area contributed by atoms with Gasteiger partial charge in [-0.05, 0) is 37.8 Å². The Bertz CT molecular complexity index is 588. The van der Waals surface area contributed by atoms with Crippen LogP contribution < -0.4 is 4.90 Å². The third-order valence-electron chi connectivity index (χ3n) is 3.69. The lowest BCUT2D eigenvalue weighted by Gasteiger charge is -2.16. The van der Waals surface area contributed by atoms with E-state index in [-0.39, 0.29) is 11.8 Å². The Morgan fingerprint density at radius 2 is 1.53 bits per heavy atom. The molecule has 4 nitrogen and oxygen atoms in total. The van der Waals surface area contributed by atoms with Gasteiger partial charge in [0.15, 0.2) is 6.29 Å². The lowest BCUT2D eigenvalue weighted by atomic mass is 9.93. The normalized spacial score (nSPS) is 18.8. The van der Waals surface area contributed by atoms with Crippen LogP contribution in [0.5, 0.6) is 0 Å². The number of nitrogens with zero attached hydrogens (tertiary/aromatic N) is 1. The topological polar surface area (TPSA) is 54.5 Å². The molecule has 0 radical (unpaired) electrons. The van der Waals surface area contributed by atoms with Crippen LogP contribution in [0.25, 0.3) is 0 Å². The molecule has 0 fully saturated rings. The molecule has 0 saturated heterocycles. The van der Waals surface area contributed by atoms with E-state index in [1.807, 2.05) is 0 Å². The van der Waals surface area contributed by atoms with Gasteiger partial charge < -0.3 is 0 Å². The largest absolute Gasteiger partial charge is 0.298 e. The molecule has 0 N–H and O–H groups in total. The number of para-hydroxylation sites is 1. The Balaban J connectivity index is 2.06. The van der Waals surface area contributed by atoms with Crippen LogP contribution in [0.1, 0.15) is 36.0 Å². The predicted molar refractivity (Wildman–Crippen MR) is 69.8 cm³/mol. The fourth-order valence-corrected chi connectivity index (χ4v) is 2.75. The first-order valence-electron chi connectivity index (χ1n) is 6.39. The maximum Gasteiger partial charge on any atom is 0.261 e. The van der Waals surface area contributed by atoms with Crippen molar-refractivity contribution in [1.29, 1.82) is 0 Å². The highest BCUT2D eigenvalue weighted by atomic mass is 16.2. The minimum absolute atomic E-state index is 0.256. The van der Waals surface area contributed by atoms with E-state index in [0.717, 1.165) is 17.7 Å². The van der Waals surface area contributed by atoms with Crippen LogP contribution >= 0.6 is 0 Å². The van der Waals surface area contributed by atoms with E-state index in [1.165, 1.54) is 0 Å². The molecule has 96 valence electrons. The van der Waals surface area contributed by atoms with E-state index in [4.69, 9.17) is 0 Å². The third-order valence-corrected chi connectivity index (χ3v) is 3.69. The molecule has 2 aliphatic rings. The van der Waals surface area contributed by atoms with Crippen molar-refractivity contribution in [2.45, 2.75) is 25.7 Å². The highest BCUT2D eigenvalue weighted by Crippen LogP contribution is 2.36. The average molecular weight is 255 g/mol. The van der Waals surface area contributed by atoms with Crippen molar-refractivity contribution in [2.24, 2.45) is 0 Å². The molecular weight excluding hydrogens is 242 g/mol. The fourth-order valence-electron chi connectivity index (χ4n) is 2.75. The van der Waals surface area contributed by atoms with E-state index in [1.54, 1.807) is 24.3 Å². The number of hydrogen-bond donors (Lipinski definition) is 0. The van der Waals surface area contributed by atoms with Gasteiger partial charge in [-0.15, -0.1) is 0 Å². The molecule has 3 rings (SSSR count). The van der Waals surface area contributed by atoms with E-state index in [2.05, 4.69) is 0 Å². The second kappa shape index (κ2) is 4.46. The van der Waals surface area contributed by atoms with Gasteiger partial charge in [0.25, 0.3) is 11.8 Å². The highest BCUT2D eigenvalue weighted by Gasteiger charge is 2.40. The Kier molecular flexibility index (Phi) is 2.78. The van der Waals surface area contributed by atoms with Gasteiger partial charge in [-0.25, -0.2) is 4.90 Å². The first-order valence-corrected chi connectivity index (χ1v) is 6.39. The molecule has 1 heterocycles. The minimum atomic E-state index is -0.256. The Morgan fingerprint density at radius 3 is 2.11 bits per heavy atom. The molecule has 0 spiro atoms. The van der Waals surface area contributed by atoms with Crippen molar-refractivity contribution in [3.8, 4) is 0 Å². The molecule has 2 amide bonds. The smallest absolute Gasteiger partial charge is 0.261 e. The van der Waals surface area contributed by atoms with Gasteiger partial charge >= 0.3 is 0 Å². The number of hydrogen-bond acceptors (Lipinski definition) is 3. The number of carbonyl (C=O) groups excluding carboxylic acids is 3. The second-order valence-corrected chi connectivity index (χ2v) is 4.79. The van der Waals surface area contributed by atoms with Crippen LogP contribution in [0, 0.1) is 0 Å². The van der Waals surface area contributed by atoms with Gasteiger partial charge in [-0.2, -0.15) is 0 Å². The molecule has 19 heavy (non-hydrogen) atoms. The van der Waals surface area contributed by atoms with E-state index < -0.39 is 0 Å². The molecule has 0 aromatic heterocycles. The molecule has 1 aromatic carbocycles. The van der Waals surface area contributed by atoms with E-state index >= 15 is 0 Å². The average Bonchev–Trinajstić information content (AvgIpc) is 2.71. The van der Waals surface area contributed by atoms with E-state index in [0.29, 0.717) is 41.5 Å². The summed E-state index contributed by atoms with van der Waals surface area (Å²) in [7, 11) is 0. The SMILES string of the molecule is O=Cc1ccccc1N1C(=O)C2=C(CCCC2)C1=O. The van der Waals surface area contributed by atoms with Gasteiger partial charge in [-0.1, -0.05) is 12.1 Å². The summed E-state index contributed by atoms with van der Waals surface area (Å²) >= 11 is 0. The van der Waals surface area contributed by atoms with E-state index in [9.17, 15) is 14.4 Å². The number of benzene rings is 1. The zero-order chi connectivity index (χ0) is 13.4. The molecule has 1 aliphatic carbocycles. The quantitative estimate of drug-likeness (QED) is 0.601. The predicted octanol–water partition coefficient (Wildman–Crippen LogP) is 2.24. The number of rotatable bonds is 2. The molecule has 0 saturated carbocycles. The Labute approximate surface area is 110 Å². The summed E-state index contributed by atoms with van der Waals surface area (Å²) in [5.74, 6) is -0.511. The first kappa shape index (κ1) is 11.8. The summed E-state index contributed by atoms with van der Waals surface area (Å²) in [6, 6.07) is 6.68. The zero-order valence-corrected chi connectivity index (χ0v) is 10.4. The minimum Gasteiger partial charge on any atom is -0.298 e. The molecule has 0 unspecified atom stereocenters. The zero-order valence-electron chi connectivity index (χ0n) is 10.4. The Hall–Kier alpha value is -2.23. The van der Waals surface area contributed by atoms with Crippen molar-refractivity contribution in [2.75, 3.05) is 4.90 Å². The number of anilines is 1. The third kappa shape index (κ3) is 1.71. The fraction of sp³-hybridized carbons (Fsp3) is 0.267. The summed E-state index contributed by atoms with van der Waals surface area (Å²) in [4.78, 5) is 36.9. The first-order chi connectivity index (χ1) is 9.24. The number of imide groups is 1. The number of amides is 2. The number of carbonyl (C=O) groups is 3. The van der Waals surface area contributed by atoms with Gasteiger partial charge in [0.2, 0.25) is 0 Å². The summed E-state index contributed by atoms with van der Waals surface area (Å²) < 4.78 is 0. The Morgan fingerprint density at radius 1 is 0.947 bits per heavy atom. The van der Waals surface area contributed by atoms with Crippen LogP contribution in [-0.2, 0) is 9.59 Å². The van der Waals surface area contributed by atoms with Crippen molar-refractivity contribution < 1.29 is 14.4 Å². The van der Waals surface area contributed by atoms with Crippen molar-refractivity contribution in [3.63, 3.8) is 0 Å². The van der Waals surface area contributed by atoms with Crippen LogP contribution in [0.2, 0.25) is 0 Å². The molecule has 0 bridgehead atoms. The summed E-state index contributed by atoms with van der Waals surface area (Å²) in [6.45, 7) is 0. The number of aldehydes is 1.